The van der Waals surface area contributed by atoms with Gasteiger partial charge in [0.1, 0.15) is 18.4 Å². The Morgan fingerprint density at radius 3 is 2.08 bits per heavy atom. The first-order valence-electron chi connectivity index (χ1n) is 12.8. The highest BCUT2D eigenvalue weighted by molar-refractivity contribution is 5.97. The Morgan fingerprint density at radius 1 is 0.947 bits per heavy atom. The third-order valence-corrected chi connectivity index (χ3v) is 6.20. The molecular weight excluding hydrogens is 482 g/mol. The van der Waals surface area contributed by atoms with Crippen LogP contribution in [0, 0.1) is 5.41 Å². The molecule has 1 heterocycles. The summed E-state index contributed by atoms with van der Waals surface area (Å²) >= 11 is 0. The number of rotatable bonds is 12. The highest BCUT2D eigenvalue weighted by Crippen LogP contribution is 2.23. The Morgan fingerprint density at radius 2 is 1.55 bits per heavy atom. The van der Waals surface area contributed by atoms with Crippen molar-refractivity contribution < 1.29 is 19.4 Å². The van der Waals surface area contributed by atoms with Crippen LogP contribution < -0.4 is 15.4 Å². The van der Waals surface area contributed by atoms with Crippen molar-refractivity contribution in [2.24, 2.45) is 5.41 Å². The molecular formula is C29H37N5O4. The van der Waals surface area contributed by atoms with Gasteiger partial charge in [-0.3, -0.25) is 4.79 Å². The fourth-order valence-electron chi connectivity index (χ4n) is 3.81. The molecule has 0 fully saturated rings. The number of carbonyl (C=O) groups excluding carboxylic acids is 1. The Hall–Kier alpha value is -3.98. The number of aliphatic carboxylic acids is 1. The van der Waals surface area contributed by atoms with Crippen molar-refractivity contribution in [2.75, 3.05) is 31.6 Å². The lowest BCUT2D eigenvalue weighted by Gasteiger charge is -2.27. The van der Waals surface area contributed by atoms with Crippen LogP contribution >= 0.6 is 0 Å². The molecule has 9 nitrogen and oxygen atoms in total. The number of aromatic nitrogens is 2. The first-order chi connectivity index (χ1) is 18.1. The molecule has 3 aromatic rings. The van der Waals surface area contributed by atoms with Gasteiger partial charge in [-0.1, -0.05) is 46.8 Å². The lowest BCUT2D eigenvalue weighted by molar-refractivity contribution is -0.142. The molecule has 0 saturated carbocycles. The van der Waals surface area contributed by atoms with Crippen LogP contribution in [0.5, 0.6) is 5.75 Å². The average Bonchev–Trinajstić information content (AvgIpc) is 2.90. The molecule has 0 spiro atoms. The molecule has 1 unspecified atom stereocenters. The Balaban J connectivity index is 1.56. The predicted molar refractivity (Wildman–Crippen MR) is 149 cm³/mol. The number of likely N-dealkylation sites (N-methyl/N-ethyl adjacent to an activating group) is 1. The molecule has 3 rings (SSSR count). The molecule has 1 atom stereocenters. The summed E-state index contributed by atoms with van der Waals surface area (Å²) in [5.41, 5.74) is 2.24. The van der Waals surface area contributed by atoms with Gasteiger partial charge in [0.25, 0.3) is 5.91 Å². The summed E-state index contributed by atoms with van der Waals surface area (Å²) in [4.78, 5) is 35.2. The molecule has 38 heavy (non-hydrogen) atoms. The minimum Gasteiger partial charge on any atom is -0.492 e. The quantitative estimate of drug-likeness (QED) is 0.311. The van der Waals surface area contributed by atoms with E-state index in [0.717, 1.165) is 42.2 Å². The summed E-state index contributed by atoms with van der Waals surface area (Å²) < 4.78 is 5.83. The van der Waals surface area contributed by atoms with E-state index in [4.69, 9.17) is 4.74 Å². The van der Waals surface area contributed by atoms with Crippen LogP contribution in [0.4, 0.5) is 11.6 Å². The first-order valence-corrected chi connectivity index (χ1v) is 12.8. The average molecular weight is 520 g/mol. The van der Waals surface area contributed by atoms with Gasteiger partial charge in [0, 0.05) is 35.8 Å². The Kier molecular flexibility index (Phi) is 9.78. The van der Waals surface area contributed by atoms with Crippen LogP contribution in [0.15, 0.2) is 60.9 Å². The molecule has 0 saturated heterocycles. The zero-order valence-corrected chi connectivity index (χ0v) is 22.7. The van der Waals surface area contributed by atoms with Gasteiger partial charge >= 0.3 is 5.97 Å². The first kappa shape index (κ1) is 28.6. The van der Waals surface area contributed by atoms with Gasteiger partial charge < -0.3 is 25.4 Å². The highest BCUT2D eigenvalue weighted by atomic mass is 16.5. The third-order valence-electron chi connectivity index (χ3n) is 6.20. The van der Waals surface area contributed by atoms with E-state index in [1.54, 1.807) is 57.4 Å². The van der Waals surface area contributed by atoms with Crippen molar-refractivity contribution in [3.05, 3.63) is 66.5 Å². The number of hydrogen-bond acceptors (Lipinski definition) is 7. The van der Waals surface area contributed by atoms with E-state index in [2.05, 4.69) is 39.3 Å². The Labute approximate surface area is 224 Å². The van der Waals surface area contributed by atoms with Crippen LogP contribution in [0.1, 0.15) is 45.0 Å². The van der Waals surface area contributed by atoms with Crippen molar-refractivity contribution in [2.45, 2.75) is 40.7 Å². The number of ether oxygens (including phenoxy) is 1. The van der Waals surface area contributed by atoms with Crippen molar-refractivity contribution in [1.82, 2.24) is 20.2 Å². The van der Waals surface area contributed by atoms with E-state index in [9.17, 15) is 14.7 Å². The second kappa shape index (κ2) is 13.0. The van der Waals surface area contributed by atoms with E-state index in [1.165, 1.54) is 0 Å². The maximum atomic E-state index is 12.6. The van der Waals surface area contributed by atoms with Crippen molar-refractivity contribution in [3.63, 3.8) is 0 Å². The molecule has 0 bridgehead atoms. The fourth-order valence-corrected chi connectivity index (χ4v) is 3.81. The van der Waals surface area contributed by atoms with Crippen LogP contribution in [-0.2, 0) is 4.79 Å². The standard InChI is InChI=1S/C29H37N5O4/c1-6-34(7-2)16-17-38-24-14-12-23(13-15-24)32-28-30-18-22(19-31-28)20-8-10-21(11-9-20)26(35)33-25(27(36)37)29(3,4)5/h8-15,18-19,25H,6-7,16-17H2,1-5H3,(H,33,35)(H,36,37)(H,30,31,32). The number of carboxylic acids is 1. The van der Waals surface area contributed by atoms with Gasteiger partial charge in [-0.2, -0.15) is 0 Å². The lowest BCUT2D eigenvalue weighted by Crippen LogP contribution is -2.49. The zero-order chi connectivity index (χ0) is 27.7. The summed E-state index contributed by atoms with van der Waals surface area (Å²) in [6.07, 6.45) is 3.41. The summed E-state index contributed by atoms with van der Waals surface area (Å²) in [7, 11) is 0. The van der Waals surface area contributed by atoms with Crippen LogP contribution in [0.2, 0.25) is 0 Å². The molecule has 1 aromatic heterocycles. The minimum atomic E-state index is -1.07. The summed E-state index contributed by atoms with van der Waals surface area (Å²) in [6, 6.07) is 13.6. The third kappa shape index (κ3) is 8.01. The molecule has 3 N–H and O–H groups in total. The van der Waals surface area contributed by atoms with E-state index in [1.807, 2.05) is 24.3 Å². The number of hydrogen-bond donors (Lipinski definition) is 3. The number of amides is 1. The zero-order valence-electron chi connectivity index (χ0n) is 22.7. The highest BCUT2D eigenvalue weighted by Gasteiger charge is 2.32. The van der Waals surface area contributed by atoms with Crippen molar-refractivity contribution in [3.8, 4) is 16.9 Å². The largest absolute Gasteiger partial charge is 0.492 e. The van der Waals surface area contributed by atoms with E-state index >= 15 is 0 Å². The van der Waals surface area contributed by atoms with Crippen LogP contribution in [0.25, 0.3) is 11.1 Å². The predicted octanol–water partition coefficient (Wildman–Crippen LogP) is 4.84. The Bertz CT molecular complexity index is 1190. The normalized spacial score (nSPS) is 12.2. The molecule has 0 aliphatic rings. The van der Waals surface area contributed by atoms with Crippen LogP contribution in [-0.4, -0.2) is 64.1 Å². The van der Waals surface area contributed by atoms with Gasteiger partial charge in [-0.25, -0.2) is 14.8 Å². The number of nitrogens with zero attached hydrogens (tertiary/aromatic N) is 3. The van der Waals surface area contributed by atoms with Gasteiger partial charge in [-0.15, -0.1) is 0 Å². The number of carboxylic acid groups (broad SMARTS) is 1. The number of benzene rings is 2. The van der Waals surface area contributed by atoms with Gasteiger partial charge in [-0.05, 0) is 60.5 Å². The van der Waals surface area contributed by atoms with E-state index in [-0.39, 0.29) is 0 Å². The molecule has 0 aliphatic carbocycles. The fraction of sp³-hybridized carbons (Fsp3) is 0.379. The monoisotopic (exact) mass is 519 g/mol. The number of carbonyl (C=O) groups is 2. The summed E-state index contributed by atoms with van der Waals surface area (Å²) in [5.74, 6) is -0.228. The second-order valence-corrected chi connectivity index (χ2v) is 10.0. The van der Waals surface area contributed by atoms with Gasteiger partial charge in [0.15, 0.2) is 0 Å². The SMILES string of the molecule is CCN(CC)CCOc1ccc(Nc2ncc(-c3ccc(C(=O)NC(C(=O)O)C(C)(C)C)cc3)cn2)cc1. The molecule has 2 aromatic carbocycles. The van der Waals surface area contributed by atoms with Crippen molar-refractivity contribution >= 4 is 23.5 Å². The summed E-state index contributed by atoms with van der Waals surface area (Å²) in [6.45, 7) is 13.2. The lowest BCUT2D eigenvalue weighted by atomic mass is 9.86. The van der Waals surface area contributed by atoms with Crippen molar-refractivity contribution in [1.29, 1.82) is 0 Å². The number of anilines is 2. The topological polar surface area (TPSA) is 117 Å². The molecule has 9 heteroatoms. The maximum Gasteiger partial charge on any atom is 0.326 e. The second-order valence-electron chi connectivity index (χ2n) is 10.0. The van der Waals surface area contributed by atoms with E-state index < -0.39 is 23.3 Å². The van der Waals surface area contributed by atoms with Crippen LogP contribution in [0.3, 0.4) is 0 Å². The molecule has 0 aliphatic heterocycles. The van der Waals surface area contributed by atoms with Gasteiger partial charge in [0.05, 0.1) is 0 Å². The minimum absolute atomic E-state index is 0.379. The molecule has 1 amide bonds. The maximum absolute atomic E-state index is 12.6. The number of nitrogens with one attached hydrogen (secondary N) is 2. The smallest absolute Gasteiger partial charge is 0.326 e. The summed E-state index contributed by atoms with van der Waals surface area (Å²) in [5, 5.41) is 15.2. The van der Waals surface area contributed by atoms with Gasteiger partial charge in [0.2, 0.25) is 5.95 Å². The molecule has 0 radical (unpaired) electrons. The molecule has 202 valence electrons. The van der Waals surface area contributed by atoms with E-state index in [0.29, 0.717) is 18.1 Å².